The van der Waals surface area contributed by atoms with Crippen LogP contribution in [0.1, 0.15) is 28.8 Å². The average Bonchev–Trinajstić information content (AvgIpc) is 3.23. The number of nitrogens with zero attached hydrogens (tertiary/aromatic N) is 1. The summed E-state index contributed by atoms with van der Waals surface area (Å²) in [5, 5.41) is 9.26. The Morgan fingerprint density at radius 3 is 2.65 bits per heavy atom. The van der Waals surface area contributed by atoms with Crippen LogP contribution < -0.4 is 9.64 Å². The molecule has 5 nitrogen and oxygen atoms in total. The third-order valence-corrected chi connectivity index (χ3v) is 4.07. The largest absolute Gasteiger partial charge is 0.494 e. The summed E-state index contributed by atoms with van der Waals surface area (Å²) in [6.07, 6.45) is 2.08. The number of fused-ring (bicyclic) bond motifs is 1. The topological polar surface area (TPSA) is 66.8 Å². The summed E-state index contributed by atoms with van der Waals surface area (Å²) in [6, 6.07) is 3.87. The molecule has 1 aliphatic heterocycles. The number of anilines is 1. The molecule has 0 bridgehead atoms. The van der Waals surface area contributed by atoms with Gasteiger partial charge in [-0.2, -0.15) is 0 Å². The maximum atomic E-state index is 12.4. The Morgan fingerprint density at radius 2 is 2.10 bits per heavy atom. The van der Waals surface area contributed by atoms with Gasteiger partial charge in [0.25, 0.3) is 0 Å². The van der Waals surface area contributed by atoms with E-state index in [9.17, 15) is 14.7 Å². The normalized spacial score (nSPS) is 21.6. The lowest BCUT2D eigenvalue weighted by Crippen LogP contribution is -2.44. The average molecular weight is 275 g/mol. The molecule has 0 radical (unpaired) electrons. The van der Waals surface area contributed by atoms with Gasteiger partial charge in [0.2, 0.25) is 0 Å². The highest BCUT2D eigenvalue weighted by Crippen LogP contribution is 2.44. The fourth-order valence-electron chi connectivity index (χ4n) is 2.88. The monoisotopic (exact) mass is 275 g/mol. The SMILES string of the molecule is COc1c(C)ccc2c1N(C1CC1)CC(C(=O)O)C2=O. The Kier molecular flexibility index (Phi) is 2.92. The van der Waals surface area contributed by atoms with Crippen LogP contribution in [0.4, 0.5) is 5.69 Å². The molecule has 5 heteroatoms. The number of ketones is 1. The fraction of sp³-hybridized carbons (Fsp3) is 0.467. The molecule has 1 aliphatic carbocycles. The molecular formula is C15H17NO4. The first-order chi connectivity index (χ1) is 9.54. The molecule has 20 heavy (non-hydrogen) atoms. The molecule has 0 aromatic heterocycles. The Bertz CT molecular complexity index is 592. The van der Waals surface area contributed by atoms with E-state index in [4.69, 9.17) is 4.74 Å². The summed E-state index contributed by atoms with van der Waals surface area (Å²) in [7, 11) is 1.58. The smallest absolute Gasteiger partial charge is 0.316 e. The first-order valence-corrected chi connectivity index (χ1v) is 6.76. The number of hydrogen-bond acceptors (Lipinski definition) is 4. The number of Topliss-reactive ketones (excluding diaryl/α,β-unsaturated/α-hetero) is 1. The van der Waals surface area contributed by atoms with Gasteiger partial charge in [-0.05, 0) is 31.4 Å². The van der Waals surface area contributed by atoms with Gasteiger partial charge in [0.05, 0.1) is 12.8 Å². The van der Waals surface area contributed by atoms with Crippen LogP contribution in [-0.4, -0.2) is 36.6 Å². The number of ether oxygens (including phenoxy) is 1. The van der Waals surface area contributed by atoms with E-state index >= 15 is 0 Å². The van der Waals surface area contributed by atoms with Crippen molar-refractivity contribution in [2.45, 2.75) is 25.8 Å². The van der Waals surface area contributed by atoms with Crippen molar-refractivity contribution in [2.24, 2.45) is 5.92 Å². The molecule has 1 atom stereocenters. The first-order valence-electron chi connectivity index (χ1n) is 6.76. The molecule has 0 spiro atoms. The second-order valence-electron chi connectivity index (χ2n) is 5.45. The molecule has 1 saturated carbocycles. The van der Waals surface area contributed by atoms with Crippen molar-refractivity contribution in [1.82, 2.24) is 0 Å². The number of hydrogen-bond donors (Lipinski definition) is 1. The molecule has 1 aromatic rings. The van der Waals surface area contributed by atoms with E-state index in [1.165, 1.54) is 0 Å². The van der Waals surface area contributed by atoms with E-state index in [0.29, 0.717) is 17.4 Å². The van der Waals surface area contributed by atoms with Crippen LogP contribution in [0.15, 0.2) is 12.1 Å². The number of rotatable bonds is 3. The zero-order chi connectivity index (χ0) is 14.4. The van der Waals surface area contributed by atoms with Crippen molar-refractivity contribution >= 4 is 17.4 Å². The second kappa shape index (κ2) is 4.51. The van der Waals surface area contributed by atoms with Crippen LogP contribution in [0, 0.1) is 12.8 Å². The number of carbonyl (C=O) groups is 2. The van der Waals surface area contributed by atoms with Crippen molar-refractivity contribution in [3.63, 3.8) is 0 Å². The lowest BCUT2D eigenvalue weighted by molar-refractivity contribution is -0.139. The van der Waals surface area contributed by atoms with Gasteiger partial charge in [0.1, 0.15) is 11.7 Å². The highest BCUT2D eigenvalue weighted by molar-refractivity contribution is 6.14. The Hall–Kier alpha value is -2.04. The molecule has 1 fully saturated rings. The summed E-state index contributed by atoms with van der Waals surface area (Å²) >= 11 is 0. The summed E-state index contributed by atoms with van der Waals surface area (Å²) < 4.78 is 5.45. The highest BCUT2D eigenvalue weighted by Gasteiger charge is 2.43. The van der Waals surface area contributed by atoms with Crippen molar-refractivity contribution in [1.29, 1.82) is 0 Å². The molecule has 1 unspecified atom stereocenters. The zero-order valence-corrected chi connectivity index (χ0v) is 11.5. The lowest BCUT2D eigenvalue weighted by atomic mass is 9.89. The van der Waals surface area contributed by atoms with Gasteiger partial charge >= 0.3 is 5.97 Å². The summed E-state index contributed by atoms with van der Waals surface area (Å²) in [5.74, 6) is -1.66. The van der Waals surface area contributed by atoms with Crippen molar-refractivity contribution in [3.8, 4) is 5.75 Å². The standard InChI is InChI=1S/C15H17NO4/c1-8-3-6-10-12(14(8)20-2)16(9-4-5-9)7-11(13(10)17)15(18)19/h3,6,9,11H,4-5,7H2,1-2H3,(H,18,19). The minimum atomic E-state index is -1.05. The van der Waals surface area contributed by atoms with Gasteiger partial charge in [-0.15, -0.1) is 0 Å². The lowest BCUT2D eigenvalue weighted by Gasteiger charge is -2.35. The molecule has 1 aromatic carbocycles. The molecule has 0 saturated heterocycles. The summed E-state index contributed by atoms with van der Waals surface area (Å²) in [6.45, 7) is 2.17. The van der Waals surface area contributed by atoms with Crippen LogP contribution in [0.5, 0.6) is 5.75 Å². The number of aryl methyl sites for hydroxylation is 1. The third-order valence-electron chi connectivity index (χ3n) is 4.07. The number of methoxy groups -OCH3 is 1. The molecule has 106 valence electrons. The van der Waals surface area contributed by atoms with Gasteiger partial charge in [-0.25, -0.2) is 0 Å². The van der Waals surface area contributed by atoms with E-state index in [0.717, 1.165) is 24.1 Å². The van der Waals surface area contributed by atoms with E-state index in [1.54, 1.807) is 13.2 Å². The van der Waals surface area contributed by atoms with Crippen LogP contribution in [-0.2, 0) is 4.79 Å². The number of aliphatic carboxylic acids is 1. The molecular weight excluding hydrogens is 258 g/mol. The van der Waals surface area contributed by atoms with Crippen molar-refractivity contribution in [2.75, 3.05) is 18.6 Å². The maximum absolute atomic E-state index is 12.4. The number of carbonyl (C=O) groups excluding carboxylic acids is 1. The number of benzene rings is 1. The van der Waals surface area contributed by atoms with Crippen LogP contribution in [0.2, 0.25) is 0 Å². The third kappa shape index (κ3) is 1.85. The molecule has 3 rings (SSSR count). The minimum absolute atomic E-state index is 0.242. The number of carboxylic acids is 1. The van der Waals surface area contributed by atoms with Gasteiger partial charge in [0.15, 0.2) is 5.78 Å². The first kappa shape index (κ1) is 13.0. The summed E-state index contributed by atoms with van der Waals surface area (Å²) in [4.78, 5) is 25.7. The van der Waals surface area contributed by atoms with Crippen LogP contribution >= 0.6 is 0 Å². The van der Waals surface area contributed by atoms with Crippen LogP contribution in [0.3, 0.4) is 0 Å². The Labute approximate surface area is 117 Å². The summed E-state index contributed by atoms with van der Waals surface area (Å²) in [5.41, 5.74) is 2.20. The van der Waals surface area contributed by atoms with Gasteiger partial charge in [0, 0.05) is 18.2 Å². The fourth-order valence-corrected chi connectivity index (χ4v) is 2.88. The Balaban J connectivity index is 2.17. The molecule has 2 aliphatic rings. The van der Waals surface area contributed by atoms with Crippen molar-refractivity contribution < 1.29 is 19.4 Å². The Morgan fingerprint density at radius 1 is 1.40 bits per heavy atom. The second-order valence-corrected chi connectivity index (χ2v) is 5.45. The molecule has 1 heterocycles. The highest BCUT2D eigenvalue weighted by atomic mass is 16.5. The van der Waals surface area contributed by atoms with Crippen LogP contribution in [0.25, 0.3) is 0 Å². The van der Waals surface area contributed by atoms with Crippen molar-refractivity contribution in [3.05, 3.63) is 23.3 Å². The maximum Gasteiger partial charge on any atom is 0.316 e. The quantitative estimate of drug-likeness (QED) is 0.853. The van der Waals surface area contributed by atoms with E-state index in [2.05, 4.69) is 0 Å². The minimum Gasteiger partial charge on any atom is -0.494 e. The van der Waals surface area contributed by atoms with E-state index in [-0.39, 0.29) is 12.3 Å². The molecule has 0 amide bonds. The predicted molar refractivity (Wildman–Crippen MR) is 73.6 cm³/mol. The molecule has 1 N–H and O–H groups in total. The number of carboxylic acid groups (broad SMARTS) is 1. The zero-order valence-electron chi connectivity index (χ0n) is 11.5. The van der Waals surface area contributed by atoms with Gasteiger partial charge in [-0.3, -0.25) is 9.59 Å². The van der Waals surface area contributed by atoms with E-state index in [1.807, 2.05) is 17.9 Å². The van der Waals surface area contributed by atoms with Gasteiger partial charge < -0.3 is 14.7 Å². The van der Waals surface area contributed by atoms with Gasteiger partial charge in [-0.1, -0.05) is 6.07 Å². The predicted octanol–water partition coefficient (Wildman–Crippen LogP) is 1.87. The van der Waals surface area contributed by atoms with E-state index < -0.39 is 11.9 Å².